The van der Waals surface area contributed by atoms with Crippen molar-refractivity contribution < 1.29 is 19.1 Å². The lowest BCUT2D eigenvalue weighted by atomic mass is 10.1. The van der Waals surface area contributed by atoms with Gasteiger partial charge in [0.05, 0.1) is 13.7 Å². The second kappa shape index (κ2) is 10.7. The van der Waals surface area contributed by atoms with Crippen LogP contribution in [0.2, 0.25) is 0 Å². The third-order valence-corrected chi connectivity index (χ3v) is 4.32. The Morgan fingerprint density at radius 2 is 2.08 bits per heavy atom. The van der Waals surface area contributed by atoms with Crippen molar-refractivity contribution in [2.24, 2.45) is 0 Å². The molecule has 0 radical (unpaired) electrons. The standard InChI is InChI=1S/C19H29N3O4/c1-3-4-11-26-19(24)22-10-9-20-16(14-22)12-18(23)21-13-15-5-7-17(25-2)8-6-15/h5-8,16,20H,3-4,9-14H2,1-2H3,(H,21,23). The predicted molar refractivity (Wildman–Crippen MR) is 99.1 cm³/mol. The zero-order valence-electron chi connectivity index (χ0n) is 15.6. The number of hydrogen-bond donors (Lipinski definition) is 2. The van der Waals surface area contributed by atoms with Crippen LogP contribution in [0.3, 0.4) is 0 Å². The topological polar surface area (TPSA) is 79.9 Å². The number of carbonyl (C=O) groups is 2. The molecule has 1 aromatic carbocycles. The number of carbonyl (C=O) groups excluding carboxylic acids is 2. The SMILES string of the molecule is CCCCOC(=O)N1CCNC(CC(=O)NCc2ccc(OC)cc2)C1. The van der Waals surface area contributed by atoms with E-state index >= 15 is 0 Å². The molecule has 7 nitrogen and oxygen atoms in total. The second-order valence-electron chi connectivity index (χ2n) is 6.39. The highest BCUT2D eigenvalue weighted by Crippen LogP contribution is 2.11. The van der Waals surface area contributed by atoms with E-state index in [1.54, 1.807) is 12.0 Å². The van der Waals surface area contributed by atoms with Gasteiger partial charge in [0, 0.05) is 38.6 Å². The Labute approximate surface area is 155 Å². The summed E-state index contributed by atoms with van der Waals surface area (Å²) < 4.78 is 10.4. The number of nitrogens with one attached hydrogen (secondary N) is 2. The summed E-state index contributed by atoms with van der Waals surface area (Å²) in [6.45, 7) is 4.74. The number of unbranched alkanes of at least 4 members (excludes halogenated alkanes) is 1. The van der Waals surface area contributed by atoms with Gasteiger partial charge in [-0.15, -0.1) is 0 Å². The summed E-state index contributed by atoms with van der Waals surface area (Å²) in [5, 5.41) is 6.20. The van der Waals surface area contributed by atoms with Gasteiger partial charge in [-0.25, -0.2) is 4.79 Å². The Morgan fingerprint density at radius 3 is 2.77 bits per heavy atom. The molecule has 1 saturated heterocycles. The van der Waals surface area contributed by atoms with Crippen molar-refractivity contribution in [3.63, 3.8) is 0 Å². The minimum Gasteiger partial charge on any atom is -0.497 e. The van der Waals surface area contributed by atoms with Crippen LogP contribution in [-0.4, -0.2) is 56.3 Å². The van der Waals surface area contributed by atoms with Gasteiger partial charge in [-0.1, -0.05) is 25.5 Å². The van der Waals surface area contributed by atoms with Gasteiger partial charge in [0.2, 0.25) is 5.91 Å². The molecule has 2 rings (SSSR count). The Kier molecular flexibility index (Phi) is 8.21. The summed E-state index contributed by atoms with van der Waals surface area (Å²) in [6, 6.07) is 7.52. The van der Waals surface area contributed by atoms with Crippen molar-refractivity contribution in [3.05, 3.63) is 29.8 Å². The van der Waals surface area contributed by atoms with Gasteiger partial charge in [0.15, 0.2) is 0 Å². The molecule has 1 aromatic rings. The number of amides is 2. The fourth-order valence-corrected chi connectivity index (χ4v) is 2.76. The maximum absolute atomic E-state index is 12.2. The Balaban J connectivity index is 1.72. The average Bonchev–Trinajstić information content (AvgIpc) is 2.67. The molecule has 0 aromatic heterocycles. The van der Waals surface area contributed by atoms with Crippen LogP contribution in [0.15, 0.2) is 24.3 Å². The molecule has 0 aliphatic carbocycles. The van der Waals surface area contributed by atoms with E-state index in [1.807, 2.05) is 24.3 Å². The second-order valence-corrected chi connectivity index (χ2v) is 6.39. The third kappa shape index (κ3) is 6.55. The normalized spacial score (nSPS) is 16.8. The summed E-state index contributed by atoms with van der Waals surface area (Å²) in [5.41, 5.74) is 1.01. The van der Waals surface area contributed by atoms with E-state index in [1.165, 1.54) is 0 Å². The van der Waals surface area contributed by atoms with Crippen LogP contribution in [0.5, 0.6) is 5.75 Å². The van der Waals surface area contributed by atoms with Crippen molar-refractivity contribution in [3.8, 4) is 5.75 Å². The van der Waals surface area contributed by atoms with Gasteiger partial charge < -0.3 is 25.0 Å². The molecule has 0 spiro atoms. The van der Waals surface area contributed by atoms with E-state index < -0.39 is 0 Å². The Morgan fingerprint density at radius 1 is 1.31 bits per heavy atom. The zero-order valence-corrected chi connectivity index (χ0v) is 15.6. The van der Waals surface area contributed by atoms with Crippen LogP contribution >= 0.6 is 0 Å². The molecular formula is C19H29N3O4. The number of hydrogen-bond acceptors (Lipinski definition) is 5. The minimum atomic E-state index is -0.288. The number of ether oxygens (including phenoxy) is 2. The highest BCUT2D eigenvalue weighted by molar-refractivity contribution is 5.76. The number of methoxy groups -OCH3 is 1. The summed E-state index contributed by atoms with van der Waals surface area (Å²) in [7, 11) is 1.62. The molecule has 7 heteroatoms. The van der Waals surface area contributed by atoms with Gasteiger partial charge in [-0.05, 0) is 24.1 Å². The molecule has 1 aliphatic heterocycles. The molecule has 26 heavy (non-hydrogen) atoms. The van der Waals surface area contributed by atoms with Crippen LogP contribution in [0.25, 0.3) is 0 Å². The maximum atomic E-state index is 12.2. The molecule has 2 N–H and O–H groups in total. The number of nitrogens with zero attached hydrogens (tertiary/aromatic N) is 1. The van der Waals surface area contributed by atoms with E-state index in [4.69, 9.17) is 9.47 Å². The molecule has 1 unspecified atom stereocenters. The summed E-state index contributed by atoms with van der Waals surface area (Å²) in [4.78, 5) is 25.9. The van der Waals surface area contributed by atoms with E-state index in [0.717, 1.165) is 24.2 Å². The molecule has 1 atom stereocenters. The molecular weight excluding hydrogens is 334 g/mol. The van der Waals surface area contributed by atoms with Crippen molar-refractivity contribution in [2.75, 3.05) is 33.4 Å². The smallest absolute Gasteiger partial charge is 0.409 e. The van der Waals surface area contributed by atoms with E-state index in [-0.39, 0.29) is 18.0 Å². The molecule has 144 valence electrons. The first kappa shape index (κ1) is 20.0. The first-order chi connectivity index (χ1) is 12.6. The molecule has 0 saturated carbocycles. The molecule has 0 bridgehead atoms. The van der Waals surface area contributed by atoms with Gasteiger partial charge in [-0.2, -0.15) is 0 Å². The zero-order chi connectivity index (χ0) is 18.8. The monoisotopic (exact) mass is 363 g/mol. The van der Waals surface area contributed by atoms with Crippen molar-refractivity contribution in [1.29, 1.82) is 0 Å². The van der Waals surface area contributed by atoms with E-state index in [9.17, 15) is 9.59 Å². The lowest BCUT2D eigenvalue weighted by Gasteiger charge is -2.32. The number of rotatable bonds is 8. The van der Waals surface area contributed by atoms with Crippen molar-refractivity contribution in [2.45, 2.75) is 38.8 Å². The van der Waals surface area contributed by atoms with Crippen LogP contribution in [0.1, 0.15) is 31.7 Å². The molecule has 2 amide bonds. The first-order valence-electron chi connectivity index (χ1n) is 9.17. The van der Waals surface area contributed by atoms with Gasteiger partial charge in [0.1, 0.15) is 5.75 Å². The molecule has 1 aliphatic rings. The first-order valence-corrected chi connectivity index (χ1v) is 9.17. The highest BCUT2D eigenvalue weighted by atomic mass is 16.6. The fraction of sp³-hybridized carbons (Fsp3) is 0.579. The summed E-state index contributed by atoms with van der Waals surface area (Å²) in [6.07, 6.45) is 1.90. The van der Waals surface area contributed by atoms with Crippen LogP contribution in [0, 0.1) is 0 Å². The quantitative estimate of drug-likeness (QED) is 0.690. The maximum Gasteiger partial charge on any atom is 0.409 e. The van der Waals surface area contributed by atoms with Crippen LogP contribution in [-0.2, 0) is 16.1 Å². The predicted octanol–water partition coefficient (Wildman–Crippen LogP) is 1.91. The van der Waals surface area contributed by atoms with E-state index in [2.05, 4.69) is 17.6 Å². The fourth-order valence-electron chi connectivity index (χ4n) is 2.76. The molecule has 1 heterocycles. The van der Waals surface area contributed by atoms with Crippen molar-refractivity contribution >= 4 is 12.0 Å². The summed E-state index contributed by atoms with van der Waals surface area (Å²) >= 11 is 0. The minimum absolute atomic E-state index is 0.0421. The van der Waals surface area contributed by atoms with Crippen LogP contribution in [0.4, 0.5) is 4.79 Å². The number of piperazine rings is 1. The van der Waals surface area contributed by atoms with Crippen LogP contribution < -0.4 is 15.4 Å². The van der Waals surface area contributed by atoms with Gasteiger partial charge in [0.25, 0.3) is 0 Å². The van der Waals surface area contributed by atoms with Crippen molar-refractivity contribution in [1.82, 2.24) is 15.5 Å². The van der Waals surface area contributed by atoms with Gasteiger partial charge >= 0.3 is 6.09 Å². The third-order valence-electron chi connectivity index (χ3n) is 4.32. The summed E-state index contributed by atoms with van der Waals surface area (Å²) in [5.74, 6) is 0.747. The Bertz CT molecular complexity index is 577. The van der Waals surface area contributed by atoms with Gasteiger partial charge in [-0.3, -0.25) is 4.79 Å². The molecule has 1 fully saturated rings. The van der Waals surface area contributed by atoms with E-state index in [0.29, 0.717) is 39.2 Å². The number of benzene rings is 1. The largest absolute Gasteiger partial charge is 0.497 e. The lowest BCUT2D eigenvalue weighted by Crippen LogP contribution is -2.54. The Hall–Kier alpha value is -2.28. The highest BCUT2D eigenvalue weighted by Gasteiger charge is 2.25. The lowest BCUT2D eigenvalue weighted by molar-refractivity contribution is -0.122. The average molecular weight is 363 g/mol.